The molecule has 6 nitrogen and oxygen atoms in total. The number of nitrogens with zero attached hydrogens (tertiary/aromatic N) is 2. The Morgan fingerprint density at radius 1 is 0.731 bits per heavy atom. The van der Waals surface area contributed by atoms with Gasteiger partial charge in [-0.3, -0.25) is 9.59 Å². The summed E-state index contributed by atoms with van der Waals surface area (Å²) in [7, 11) is 0. The van der Waals surface area contributed by atoms with Crippen molar-refractivity contribution in [1.82, 2.24) is 10.9 Å². The SMILES string of the molecule is O=C(CCC(=O)N/N=C/c1ccc(F)cc1)N/N=C\c1ccc(F)cc1. The average molecular weight is 358 g/mol. The van der Waals surface area contributed by atoms with Crippen LogP contribution in [0, 0.1) is 11.6 Å². The average Bonchev–Trinajstić information content (AvgIpc) is 2.63. The van der Waals surface area contributed by atoms with E-state index in [0.29, 0.717) is 11.1 Å². The maximum absolute atomic E-state index is 12.7. The number of hydrogen-bond acceptors (Lipinski definition) is 4. The summed E-state index contributed by atoms with van der Waals surface area (Å²) in [5.74, 6) is -1.61. The van der Waals surface area contributed by atoms with Crippen LogP contribution in [0.4, 0.5) is 8.78 Å². The first-order valence-electron chi connectivity index (χ1n) is 7.68. The number of rotatable bonds is 7. The lowest BCUT2D eigenvalue weighted by molar-refractivity contribution is -0.126. The Bertz CT molecular complexity index is 733. The predicted octanol–water partition coefficient (Wildman–Crippen LogP) is 2.35. The molecule has 0 aliphatic rings. The maximum atomic E-state index is 12.7. The maximum Gasteiger partial charge on any atom is 0.240 e. The van der Waals surface area contributed by atoms with Crippen LogP contribution in [-0.2, 0) is 9.59 Å². The van der Waals surface area contributed by atoms with Crippen molar-refractivity contribution in [3.8, 4) is 0 Å². The number of halogens is 2. The van der Waals surface area contributed by atoms with E-state index in [1.807, 2.05) is 0 Å². The fraction of sp³-hybridized carbons (Fsp3) is 0.111. The van der Waals surface area contributed by atoms with Gasteiger partial charge in [-0.2, -0.15) is 10.2 Å². The topological polar surface area (TPSA) is 82.9 Å². The molecule has 2 N–H and O–H groups in total. The molecule has 0 unspecified atom stereocenters. The minimum atomic E-state index is -0.443. The Hall–Kier alpha value is -3.42. The lowest BCUT2D eigenvalue weighted by Crippen LogP contribution is -2.22. The Morgan fingerprint density at radius 3 is 1.42 bits per heavy atom. The van der Waals surface area contributed by atoms with Crippen LogP contribution in [0.5, 0.6) is 0 Å². The van der Waals surface area contributed by atoms with Crippen LogP contribution in [0.2, 0.25) is 0 Å². The van der Waals surface area contributed by atoms with Gasteiger partial charge < -0.3 is 0 Å². The number of carbonyl (C=O) groups excluding carboxylic acids is 2. The number of hydrazone groups is 2. The highest BCUT2D eigenvalue weighted by Gasteiger charge is 2.05. The number of carbonyl (C=O) groups is 2. The first-order chi connectivity index (χ1) is 12.5. The number of hydrogen-bond donors (Lipinski definition) is 2. The van der Waals surface area contributed by atoms with E-state index in [9.17, 15) is 18.4 Å². The number of amides is 2. The quantitative estimate of drug-likeness (QED) is 0.588. The third kappa shape index (κ3) is 7.00. The van der Waals surface area contributed by atoms with Crippen molar-refractivity contribution in [2.75, 3.05) is 0 Å². The second-order valence-corrected chi connectivity index (χ2v) is 5.19. The van der Waals surface area contributed by atoms with Crippen molar-refractivity contribution in [3.63, 3.8) is 0 Å². The molecule has 0 heterocycles. The van der Waals surface area contributed by atoms with E-state index in [0.717, 1.165) is 0 Å². The van der Waals surface area contributed by atoms with Crippen molar-refractivity contribution < 1.29 is 18.4 Å². The summed E-state index contributed by atoms with van der Waals surface area (Å²) in [6.45, 7) is 0. The van der Waals surface area contributed by atoms with E-state index in [4.69, 9.17) is 0 Å². The summed E-state index contributed by atoms with van der Waals surface area (Å²) in [5.41, 5.74) is 5.79. The zero-order valence-corrected chi connectivity index (χ0v) is 13.7. The van der Waals surface area contributed by atoms with Crippen molar-refractivity contribution in [2.24, 2.45) is 10.2 Å². The van der Waals surface area contributed by atoms with Crippen LogP contribution < -0.4 is 10.9 Å². The Balaban J connectivity index is 1.67. The molecule has 0 aliphatic carbocycles. The first-order valence-corrected chi connectivity index (χ1v) is 7.68. The summed E-state index contributed by atoms with van der Waals surface area (Å²) < 4.78 is 25.5. The third-order valence-corrected chi connectivity index (χ3v) is 3.12. The van der Waals surface area contributed by atoms with E-state index in [2.05, 4.69) is 21.1 Å². The zero-order chi connectivity index (χ0) is 18.8. The van der Waals surface area contributed by atoms with Gasteiger partial charge in [0.2, 0.25) is 11.8 Å². The summed E-state index contributed by atoms with van der Waals surface area (Å²) in [4.78, 5) is 23.2. The molecule has 26 heavy (non-hydrogen) atoms. The van der Waals surface area contributed by atoms with Gasteiger partial charge in [0.1, 0.15) is 11.6 Å². The summed E-state index contributed by atoms with van der Waals surface area (Å²) in [6.07, 6.45) is 2.59. The Kier molecular flexibility index (Phi) is 7.11. The van der Waals surface area contributed by atoms with Crippen LogP contribution >= 0.6 is 0 Å². The van der Waals surface area contributed by atoms with Gasteiger partial charge in [0.25, 0.3) is 0 Å². The van der Waals surface area contributed by atoms with Gasteiger partial charge in [-0.25, -0.2) is 19.6 Å². The van der Waals surface area contributed by atoms with Gasteiger partial charge in [0, 0.05) is 12.8 Å². The predicted molar refractivity (Wildman–Crippen MR) is 93.5 cm³/mol. The fourth-order valence-electron chi connectivity index (χ4n) is 1.79. The van der Waals surface area contributed by atoms with Crippen molar-refractivity contribution in [1.29, 1.82) is 0 Å². The van der Waals surface area contributed by atoms with E-state index < -0.39 is 11.8 Å². The molecular weight excluding hydrogens is 342 g/mol. The standard InChI is InChI=1S/C18H16F2N4O2/c19-15-5-1-13(2-6-15)11-21-23-17(25)9-10-18(26)24-22-12-14-3-7-16(20)8-4-14/h1-8,11-12H,9-10H2,(H,23,25)(H,24,26)/b21-11-,22-12+. The summed E-state index contributed by atoms with van der Waals surface area (Å²) >= 11 is 0. The van der Waals surface area contributed by atoms with E-state index >= 15 is 0 Å². The molecule has 0 radical (unpaired) electrons. The molecule has 0 aromatic heterocycles. The van der Waals surface area contributed by atoms with Crippen molar-refractivity contribution >= 4 is 24.2 Å². The van der Waals surface area contributed by atoms with Gasteiger partial charge in [0.05, 0.1) is 12.4 Å². The molecule has 8 heteroatoms. The second-order valence-electron chi connectivity index (χ2n) is 5.19. The molecule has 0 bridgehead atoms. The smallest absolute Gasteiger partial charge is 0.240 e. The van der Waals surface area contributed by atoms with Crippen LogP contribution in [0.25, 0.3) is 0 Å². The molecule has 0 atom stereocenters. The molecule has 0 fully saturated rings. The van der Waals surface area contributed by atoms with Crippen LogP contribution in [0.1, 0.15) is 24.0 Å². The van der Waals surface area contributed by atoms with Gasteiger partial charge in [0.15, 0.2) is 0 Å². The highest BCUT2D eigenvalue weighted by molar-refractivity contribution is 5.86. The minimum Gasteiger partial charge on any atom is -0.273 e. The minimum absolute atomic E-state index is 0.0708. The highest BCUT2D eigenvalue weighted by atomic mass is 19.1. The molecule has 134 valence electrons. The van der Waals surface area contributed by atoms with Gasteiger partial charge in [-0.15, -0.1) is 0 Å². The van der Waals surface area contributed by atoms with Gasteiger partial charge in [-0.05, 0) is 35.4 Å². The van der Waals surface area contributed by atoms with Crippen molar-refractivity contribution in [3.05, 3.63) is 71.3 Å². The van der Waals surface area contributed by atoms with Crippen molar-refractivity contribution in [2.45, 2.75) is 12.8 Å². The van der Waals surface area contributed by atoms with Crippen LogP contribution in [-0.4, -0.2) is 24.2 Å². The van der Waals surface area contributed by atoms with Gasteiger partial charge >= 0.3 is 0 Å². The van der Waals surface area contributed by atoms with E-state index in [1.165, 1.54) is 61.0 Å². The normalized spacial score (nSPS) is 11.0. The highest BCUT2D eigenvalue weighted by Crippen LogP contribution is 2.00. The number of benzene rings is 2. The second kappa shape index (κ2) is 9.77. The molecule has 2 rings (SSSR count). The van der Waals surface area contributed by atoms with Crippen LogP contribution in [0.3, 0.4) is 0 Å². The van der Waals surface area contributed by atoms with E-state index in [1.54, 1.807) is 0 Å². The van der Waals surface area contributed by atoms with Gasteiger partial charge in [-0.1, -0.05) is 24.3 Å². The first kappa shape index (κ1) is 18.9. The van der Waals surface area contributed by atoms with E-state index in [-0.39, 0.29) is 24.5 Å². The molecule has 2 aromatic rings. The molecule has 0 aliphatic heterocycles. The molecule has 2 amide bonds. The number of nitrogens with one attached hydrogen (secondary N) is 2. The lowest BCUT2D eigenvalue weighted by atomic mass is 10.2. The Morgan fingerprint density at radius 2 is 1.08 bits per heavy atom. The molecule has 0 saturated carbocycles. The van der Waals surface area contributed by atoms with Crippen LogP contribution in [0.15, 0.2) is 58.7 Å². The molecule has 0 spiro atoms. The fourth-order valence-corrected chi connectivity index (χ4v) is 1.79. The summed E-state index contributed by atoms with van der Waals surface area (Å²) in [6, 6.07) is 11.2. The molecular formula is C18H16F2N4O2. The molecule has 0 saturated heterocycles. The third-order valence-electron chi connectivity index (χ3n) is 3.12. The largest absolute Gasteiger partial charge is 0.273 e. The lowest BCUT2D eigenvalue weighted by Gasteiger charge is -2.00. The Labute approximate surface area is 148 Å². The monoisotopic (exact) mass is 358 g/mol. The summed E-state index contributed by atoms with van der Waals surface area (Å²) in [5, 5.41) is 7.44. The molecule has 2 aromatic carbocycles. The zero-order valence-electron chi connectivity index (χ0n) is 13.7.